The molecule has 11 heavy (non-hydrogen) atoms. The van der Waals surface area contributed by atoms with Crippen LogP contribution >= 0.6 is 0 Å². The van der Waals surface area contributed by atoms with Gasteiger partial charge in [0.25, 0.3) is 0 Å². The molecule has 0 heterocycles. The van der Waals surface area contributed by atoms with E-state index in [4.69, 9.17) is 5.41 Å². The zero-order valence-corrected chi connectivity index (χ0v) is 6.51. The summed E-state index contributed by atoms with van der Waals surface area (Å²) in [5.74, 6) is 1.31. The fourth-order valence-corrected chi connectivity index (χ4v) is 1.17. The van der Waals surface area contributed by atoms with Gasteiger partial charge in [-0.15, -0.1) is 0 Å². The summed E-state index contributed by atoms with van der Waals surface area (Å²) in [7, 11) is 0. The van der Waals surface area contributed by atoms with E-state index in [9.17, 15) is 5.11 Å². The van der Waals surface area contributed by atoms with E-state index in [0.29, 0.717) is 23.3 Å². The highest BCUT2D eigenvalue weighted by Gasteiger charge is 2.29. The molecular weight excluding hydrogens is 138 g/mol. The van der Waals surface area contributed by atoms with Crippen molar-refractivity contribution in [2.24, 2.45) is 11.8 Å². The van der Waals surface area contributed by atoms with Crippen LogP contribution in [0.1, 0.15) is 25.7 Å². The van der Waals surface area contributed by atoms with Gasteiger partial charge < -0.3 is 10.5 Å². The van der Waals surface area contributed by atoms with Crippen LogP contribution in [0.25, 0.3) is 0 Å². The molecule has 0 aliphatic heterocycles. The van der Waals surface area contributed by atoms with Gasteiger partial charge in [0.1, 0.15) is 0 Å². The molecule has 2 aliphatic carbocycles. The third-order valence-electron chi connectivity index (χ3n) is 2.32. The Balaban J connectivity index is 1.93. The van der Waals surface area contributed by atoms with Crippen molar-refractivity contribution in [1.82, 2.24) is 0 Å². The van der Waals surface area contributed by atoms with E-state index in [2.05, 4.69) is 0 Å². The fourth-order valence-electron chi connectivity index (χ4n) is 1.17. The van der Waals surface area contributed by atoms with Gasteiger partial charge in [0.15, 0.2) is 0 Å². The lowest BCUT2D eigenvalue weighted by molar-refractivity contribution is 0.380. The second-order valence-corrected chi connectivity index (χ2v) is 3.57. The topological polar surface area (TPSA) is 44.1 Å². The first kappa shape index (κ1) is 6.89. The molecule has 2 fully saturated rings. The Labute approximate surface area is 66.4 Å². The Hall–Kier alpha value is -0.790. The zero-order chi connectivity index (χ0) is 7.84. The highest BCUT2D eigenvalue weighted by atomic mass is 16.3. The molecule has 0 aromatic heterocycles. The van der Waals surface area contributed by atoms with Crippen molar-refractivity contribution >= 4 is 5.71 Å². The number of hydrogen-bond donors (Lipinski definition) is 2. The molecular formula is C9H13NO. The van der Waals surface area contributed by atoms with Crippen LogP contribution in [0, 0.1) is 17.2 Å². The molecule has 0 radical (unpaired) electrons. The summed E-state index contributed by atoms with van der Waals surface area (Å²) in [5, 5.41) is 16.9. The molecule has 0 atom stereocenters. The molecule has 0 saturated heterocycles. The number of aliphatic hydroxyl groups excluding tert-OH is 1. The van der Waals surface area contributed by atoms with Crippen molar-refractivity contribution < 1.29 is 5.11 Å². The smallest absolute Gasteiger partial charge is 0.0971 e. The molecule has 2 nitrogen and oxygen atoms in total. The number of rotatable bonds is 3. The Bertz CT molecular complexity index is 212. The van der Waals surface area contributed by atoms with Gasteiger partial charge in [-0.2, -0.15) is 0 Å². The van der Waals surface area contributed by atoms with Crippen LogP contribution in [0.5, 0.6) is 0 Å². The maximum Gasteiger partial charge on any atom is 0.0971 e. The van der Waals surface area contributed by atoms with E-state index >= 15 is 0 Å². The maximum absolute atomic E-state index is 9.36. The van der Waals surface area contributed by atoms with Crippen LogP contribution in [-0.2, 0) is 0 Å². The molecule has 0 unspecified atom stereocenters. The summed E-state index contributed by atoms with van der Waals surface area (Å²) in [6.45, 7) is 0. The normalized spacial score (nSPS) is 25.3. The van der Waals surface area contributed by atoms with Crippen LogP contribution in [0.3, 0.4) is 0 Å². The summed E-state index contributed by atoms with van der Waals surface area (Å²) in [6.07, 6.45) is 6.18. The van der Waals surface area contributed by atoms with Crippen LogP contribution in [0.15, 0.2) is 11.8 Å². The molecule has 2 aliphatic rings. The van der Waals surface area contributed by atoms with Crippen molar-refractivity contribution in [3.63, 3.8) is 0 Å². The van der Waals surface area contributed by atoms with Gasteiger partial charge in [0, 0.05) is 17.5 Å². The van der Waals surface area contributed by atoms with Gasteiger partial charge in [-0.25, -0.2) is 0 Å². The first-order valence-corrected chi connectivity index (χ1v) is 4.26. The highest BCUT2D eigenvalue weighted by Crippen LogP contribution is 2.36. The lowest BCUT2D eigenvalue weighted by Crippen LogP contribution is -1.96. The van der Waals surface area contributed by atoms with E-state index < -0.39 is 0 Å². The minimum absolute atomic E-state index is 0.397. The van der Waals surface area contributed by atoms with Gasteiger partial charge in [-0.1, -0.05) is 0 Å². The first-order chi connectivity index (χ1) is 5.27. The lowest BCUT2D eigenvalue weighted by Gasteiger charge is -1.96. The van der Waals surface area contributed by atoms with Crippen LogP contribution in [0.4, 0.5) is 0 Å². The van der Waals surface area contributed by atoms with E-state index in [0.717, 1.165) is 25.7 Å². The van der Waals surface area contributed by atoms with Gasteiger partial charge in [-0.3, -0.25) is 0 Å². The summed E-state index contributed by atoms with van der Waals surface area (Å²) in [6, 6.07) is 0. The second kappa shape index (κ2) is 2.36. The zero-order valence-electron chi connectivity index (χ0n) is 6.51. The molecule has 0 aromatic rings. The van der Waals surface area contributed by atoms with Gasteiger partial charge in [-0.05, 0) is 31.8 Å². The summed E-state index contributed by atoms with van der Waals surface area (Å²) >= 11 is 0. The van der Waals surface area contributed by atoms with E-state index in [1.807, 2.05) is 0 Å². The Morgan fingerprint density at radius 3 is 2.18 bits per heavy atom. The Morgan fingerprint density at radius 2 is 1.73 bits per heavy atom. The quantitative estimate of drug-likeness (QED) is 0.471. The summed E-state index contributed by atoms with van der Waals surface area (Å²) < 4.78 is 0. The average molecular weight is 151 g/mol. The summed E-state index contributed by atoms with van der Waals surface area (Å²) in [5.41, 5.74) is 0.634. The highest BCUT2D eigenvalue weighted by molar-refractivity contribution is 5.96. The van der Waals surface area contributed by atoms with Gasteiger partial charge in [0.05, 0.1) is 5.76 Å². The molecule has 60 valence electrons. The molecule has 0 bridgehead atoms. The van der Waals surface area contributed by atoms with E-state index in [1.165, 1.54) is 0 Å². The van der Waals surface area contributed by atoms with E-state index in [1.54, 1.807) is 6.08 Å². The minimum Gasteiger partial charge on any atom is -0.512 e. The Morgan fingerprint density at radius 1 is 1.18 bits per heavy atom. The lowest BCUT2D eigenvalue weighted by atomic mass is 10.2. The monoisotopic (exact) mass is 151 g/mol. The maximum atomic E-state index is 9.36. The predicted molar refractivity (Wildman–Crippen MR) is 43.9 cm³/mol. The third kappa shape index (κ3) is 1.62. The Kier molecular flexibility index (Phi) is 1.48. The predicted octanol–water partition coefficient (Wildman–Crippen LogP) is 2.27. The molecule has 2 rings (SSSR count). The van der Waals surface area contributed by atoms with Gasteiger partial charge in [0.2, 0.25) is 0 Å². The second-order valence-electron chi connectivity index (χ2n) is 3.57. The molecule has 2 saturated carbocycles. The standard InChI is InChI=1S/C9H13NO/c10-8(6-1-2-6)5-9(11)7-3-4-7/h5-7,10-11H,1-4H2/b9-5-,10-8?. The third-order valence-corrected chi connectivity index (χ3v) is 2.32. The van der Waals surface area contributed by atoms with Crippen LogP contribution in [0.2, 0.25) is 0 Å². The number of nitrogens with one attached hydrogen (secondary N) is 1. The molecule has 2 N–H and O–H groups in total. The molecule has 2 heteroatoms. The van der Waals surface area contributed by atoms with Crippen molar-refractivity contribution in [1.29, 1.82) is 5.41 Å². The largest absolute Gasteiger partial charge is 0.512 e. The van der Waals surface area contributed by atoms with Crippen molar-refractivity contribution in [3.8, 4) is 0 Å². The molecule has 0 spiro atoms. The summed E-state index contributed by atoms with van der Waals surface area (Å²) in [4.78, 5) is 0. The number of aliphatic hydroxyl groups is 1. The van der Waals surface area contributed by atoms with Crippen molar-refractivity contribution in [2.75, 3.05) is 0 Å². The van der Waals surface area contributed by atoms with E-state index in [-0.39, 0.29) is 0 Å². The minimum atomic E-state index is 0.397. The SMILES string of the molecule is N=C(/C=C(\O)C1CC1)C1CC1. The average Bonchev–Trinajstić information content (AvgIpc) is 2.84. The fraction of sp³-hybridized carbons (Fsp3) is 0.667. The molecule has 0 amide bonds. The molecule has 0 aromatic carbocycles. The first-order valence-electron chi connectivity index (χ1n) is 4.26. The van der Waals surface area contributed by atoms with Crippen LogP contribution in [-0.4, -0.2) is 10.8 Å². The van der Waals surface area contributed by atoms with Crippen LogP contribution < -0.4 is 0 Å². The number of allylic oxidation sites excluding steroid dienone is 2. The van der Waals surface area contributed by atoms with Crippen molar-refractivity contribution in [2.45, 2.75) is 25.7 Å². The number of hydrogen-bond acceptors (Lipinski definition) is 2. The van der Waals surface area contributed by atoms with Crippen molar-refractivity contribution in [3.05, 3.63) is 11.8 Å². The van der Waals surface area contributed by atoms with Gasteiger partial charge >= 0.3 is 0 Å².